The van der Waals surface area contributed by atoms with Gasteiger partial charge in [-0.05, 0) is 48.9 Å². The number of aromatic nitrogens is 1. The molecule has 184 valence electrons. The minimum absolute atomic E-state index is 0. The van der Waals surface area contributed by atoms with E-state index < -0.39 is 11.7 Å². The zero-order valence-electron chi connectivity index (χ0n) is 18.5. The van der Waals surface area contributed by atoms with Gasteiger partial charge in [0.25, 0.3) is 5.91 Å². The molecule has 0 N–H and O–H groups in total. The minimum atomic E-state index is -4.45. The van der Waals surface area contributed by atoms with Crippen LogP contribution in [0, 0.1) is 0 Å². The molecule has 1 amide bonds. The first-order chi connectivity index (χ1) is 15.8. The van der Waals surface area contributed by atoms with Crippen LogP contribution in [0.4, 0.5) is 18.3 Å². The number of morpholine rings is 1. The molecule has 3 aromatic rings. The van der Waals surface area contributed by atoms with Gasteiger partial charge >= 0.3 is 6.18 Å². The van der Waals surface area contributed by atoms with Crippen LogP contribution in [0.5, 0.6) is 5.75 Å². The van der Waals surface area contributed by atoms with E-state index in [0.29, 0.717) is 37.1 Å². The molecule has 2 heterocycles. The highest BCUT2D eigenvalue weighted by Gasteiger charge is 2.31. The number of amides is 1. The van der Waals surface area contributed by atoms with Crippen LogP contribution in [0.25, 0.3) is 10.2 Å². The van der Waals surface area contributed by atoms with Gasteiger partial charge in [-0.15, -0.1) is 12.4 Å². The van der Waals surface area contributed by atoms with Crippen molar-refractivity contribution >= 4 is 45.0 Å². The van der Waals surface area contributed by atoms with E-state index in [1.807, 2.05) is 12.1 Å². The van der Waals surface area contributed by atoms with Crippen LogP contribution in [0.1, 0.15) is 22.3 Å². The molecule has 1 fully saturated rings. The SMILES string of the molecule is COc1ccc2nc(N(CCCN3CCOCC3)C(=O)c3ccc(C(F)(F)F)cc3)sc2c1.Cl. The molecule has 0 aliphatic carbocycles. The molecule has 0 bridgehead atoms. The Morgan fingerprint density at radius 2 is 1.88 bits per heavy atom. The summed E-state index contributed by atoms with van der Waals surface area (Å²) in [4.78, 5) is 21.8. The van der Waals surface area contributed by atoms with Crippen molar-refractivity contribution < 1.29 is 27.4 Å². The van der Waals surface area contributed by atoms with Crippen LogP contribution in [-0.2, 0) is 10.9 Å². The second-order valence-electron chi connectivity index (χ2n) is 7.67. The number of thiazole rings is 1. The highest BCUT2D eigenvalue weighted by atomic mass is 35.5. The maximum atomic E-state index is 13.3. The topological polar surface area (TPSA) is 54.9 Å². The second kappa shape index (κ2) is 11.4. The number of hydrogen-bond acceptors (Lipinski definition) is 6. The van der Waals surface area contributed by atoms with Gasteiger partial charge in [-0.3, -0.25) is 14.6 Å². The third-order valence-electron chi connectivity index (χ3n) is 5.48. The summed E-state index contributed by atoms with van der Waals surface area (Å²) in [6.07, 6.45) is -3.75. The zero-order valence-corrected chi connectivity index (χ0v) is 20.1. The van der Waals surface area contributed by atoms with E-state index in [4.69, 9.17) is 9.47 Å². The summed E-state index contributed by atoms with van der Waals surface area (Å²) in [5.41, 5.74) is 0.130. The molecule has 6 nitrogen and oxygen atoms in total. The molecular formula is C23H25ClF3N3O3S. The number of rotatable bonds is 7. The smallest absolute Gasteiger partial charge is 0.416 e. The fraction of sp³-hybridized carbons (Fsp3) is 0.391. The van der Waals surface area contributed by atoms with Crippen LogP contribution in [0.2, 0.25) is 0 Å². The van der Waals surface area contributed by atoms with Crippen molar-refractivity contribution in [3.63, 3.8) is 0 Å². The van der Waals surface area contributed by atoms with E-state index in [1.54, 1.807) is 18.1 Å². The summed E-state index contributed by atoms with van der Waals surface area (Å²) in [6.45, 7) is 4.25. The quantitative estimate of drug-likeness (QED) is 0.437. The summed E-state index contributed by atoms with van der Waals surface area (Å²) < 4.78 is 50.3. The normalized spacial score (nSPS) is 14.6. The van der Waals surface area contributed by atoms with E-state index in [2.05, 4.69) is 9.88 Å². The van der Waals surface area contributed by atoms with Crippen LogP contribution in [-0.4, -0.2) is 62.3 Å². The standard InChI is InChI=1S/C23H24F3N3O3S.ClH/c1-31-18-7-8-19-20(15-18)33-22(27-19)29(10-2-9-28-11-13-32-14-12-28)21(30)16-3-5-17(6-4-16)23(24,25)26;/h3-8,15H,2,9-14H2,1H3;1H. The predicted octanol–water partition coefficient (Wildman–Crippen LogP) is 5.11. The molecule has 0 unspecified atom stereocenters. The molecule has 1 saturated heterocycles. The number of halogens is 4. The Bertz CT molecular complexity index is 1100. The molecule has 0 atom stereocenters. The average molecular weight is 516 g/mol. The fourth-order valence-electron chi connectivity index (χ4n) is 3.65. The molecule has 1 aromatic heterocycles. The number of hydrogen-bond donors (Lipinski definition) is 0. The van der Waals surface area contributed by atoms with Gasteiger partial charge in [-0.2, -0.15) is 13.2 Å². The molecular weight excluding hydrogens is 491 g/mol. The van der Waals surface area contributed by atoms with Gasteiger partial charge in [0.05, 0.1) is 36.1 Å². The molecule has 11 heteroatoms. The second-order valence-corrected chi connectivity index (χ2v) is 8.68. The lowest BCUT2D eigenvalue weighted by Gasteiger charge is -2.27. The first-order valence-electron chi connectivity index (χ1n) is 10.6. The van der Waals surface area contributed by atoms with Crippen molar-refractivity contribution in [3.8, 4) is 5.75 Å². The van der Waals surface area contributed by atoms with E-state index in [9.17, 15) is 18.0 Å². The van der Waals surface area contributed by atoms with Crippen LogP contribution < -0.4 is 9.64 Å². The van der Waals surface area contributed by atoms with Crippen molar-refractivity contribution in [2.45, 2.75) is 12.6 Å². The summed E-state index contributed by atoms with van der Waals surface area (Å²) in [7, 11) is 1.58. The number of carbonyl (C=O) groups is 1. The lowest BCUT2D eigenvalue weighted by molar-refractivity contribution is -0.137. The molecule has 4 rings (SSSR count). The fourth-order valence-corrected chi connectivity index (χ4v) is 4.67. The zero-order chi connectivity index (χ0) is 23.4. The lowest BCUT2D eigenvalue weighted by Crippen LogP contribution is -2.39. The van der Waals surface area contributed by atoms with Crippen molar-refractivity contribution in [1.82, 2.24) is 9.88 Å². The van der Waals surface area contributed by atoms with Crippen molar-refractivity contribution in [2.24, 2.45) is 0 Å². The van der Waals surface area contributed by atoms with Gasteiger partial charge < -0.3 is 9.47 Å². The molecule has 0 spiro atoms. The Balaban J connectivity index is 0.00000324. The van der Waals surface area contributed by atoms with Gasteiger partial charge in [-0.25, -0.2) is 4.98 Å². The van der Waals surface area contributed by atoms with Crippen molar-refractivity contribution in [3.05, 3.63) is 53.6 Å². The summed E-state index contributed by atoms with van der Waals surface area (Å²) >= 11 is 1.35. The highest BCUT2D eigenvalue weighted by Crippen LogP contribution is 2.33. The predicted molar refractivity (Wildman–Crippen MR) is 128 cm³/mol. The van der Waals surface area contributed by atoms with Crippen molar-refractivity contribution in [2.75, 3.05) is 51.4 Å². The number of carbonyl (C=O) groups excluding carboxylic acids is 1. The number of alkyl halides is 3. The van der Waals surface area contributed by atoms with Crippen molar-refractivity contribution in [1.29, 1.82) is 0 Å². The summed E-state index contributed by atoms with van der Waals surface area (Å²) in [5, 5.41) is 0.505. The largest absolute Gasteiger partial charge is 0.497 e. The van der Waals surface area contributed by atoms with E-state index in [0.717, 1.165) is 42.0 Å². The monoisotopic (exact) mass is 515 g/mol. The number of ether oxygens (including phenoxy) is 2. The maximum absolute atomic E-state index is 13.3. The van der Waals surface area contributed by atoms with Gasteiger partial charge in [0, 0.05) is 31.7 Å². The molecule has 0 saturated carbocycles. The number of benzene rings is 2. The number of fused-ring (bicyclic) bond motifs is 1. The third kappa shape index (κ3) is 6.18. The minimum Gasteiger partial charge on any atom is -0.497 e. The first kappa shape index (κ1) is 26.2. The highest BCUT2D eigenvalue weighted by molar-refractivity contribution is 7.22. The van der Waals surface area contributed by atoms with Crippen LogP contribution in [0.3, 0.4) is 0 Å². The third-order valence-corrected chi connectivity index (χ3v) is 6.52. The Morgan fingerprint density at radius 1 is 1.18 bits per heavy atom. The van der Waals surface area contributed by atoms with Gasteiger partial charge in [-0.1, -0.05) is 11.3 Å². The Kier molecular flexibility index (Phi) is 8.75. The number of anilines is 1. The summed E-state index contributed by atoms with van der Waals surface area (Å²) in [5.74, 6) is 0.308. The Labute approximate surface area is 205 Å². The molecule has 1 aliphatic rings. The van der Waals surface area contributed by atoms with E-state index in [-0.39, 0.29) is 23.9 Å². The Hall–Kier alpha value is -2.40. The number of nitrogens with zero attached hydrogens (tertiary/aromatic N) is 3. The molecule has 1 aliphatic heterocycles. The molecule has 2 aromatic carbocycles. The van der Waals surface area contributed by atoms with Gasteiger partial charge in [0.1, 0.15) is 5.75 Å². The first-order valence-corrected chi connectivity index (χ1v) is 11.4. The molecule has 0 radical (unpaired) electrons. The average Bonchev–Trinajstić information content (AvgIpc) is 3.24. The van der Waals surface area contributed by atoms with E-state index in [1.165, 1.54) is 23.5 Å². The van der Waals surface area contributed by atoms with Gasteiger partial charge in [0.2, 0.25) is 0 Å². The Morgan fingerprint density at radius 3 is 2.53 bits per heavy atom. The maximum Gasteiger partial charge on any atom is 0.416 e. The van der Waals surface area contributed by atoms with Crippen LogP contribution in [0.15, 0.2) is 42.5 Å². The number of methoxy groups -OCH3 is 1. The van der Waals surface area contributed by atoms with E-state index >= 15 is 0 Å². The lowest BCUT2D eigenvalue weighted by atomic mass is 10.1. The molecule has 34 heavy (non-hydrogen) atoms. The summed E-state index contributed by atoms with van der Waals surface area (Å²) in [6, 6.07) is 9.78. The van der Waals surface area contributed by atoms with Crippen LogP contribution >= 0.6 is 23.7 Å². The van der Waals surface area contributed by atoms with Gasteiger partial charge in [0.15, 0.2) is 5.13 Å².